The lowest BCUT2D eigenvalue weighted by atomic mass is 10.2. The predicted octanol–water partition coefficient (Wildman–Crippen LogP) is 2.87. The van der Waals surface area contributed by atoms with Gasteiger partial charge in [0, 0.05) is 25.0 Å². The molecule has 0 aliphatic heterocycles. The zero-order valence-electron chi connectivity index (χ0n) is 13.7. The van der Waals surface area contributed by atoms with Gasteiger partial charge in [-0.05, 0) is 43.5 Å². The third-order valence-corrected chi connectivity index (χ3v) is 4.14. The second-order valence-corrected chi connectivity index (χ2v) is 5.94. The zero-order valence-corrected chi connectivity index (χ0v) is 13.7. The summed E-state index contributed by atoms with van der Waals surface area (Å²) in [5, 5.41) is 11.2. The van der Waals surface area contributed by atoms with Crippen molar-refractivity contribution in [3.63, 3.8) is 0 Å². The second-order valence-electron chi connectivity index (χ2n) is 5.94. The van der Waals surface area contributed by atoms with Gasteiger partial charge in [-0.3, -0.25) is 0 Å². The first-order valence-corrected chi connectivity index (χ1v) is 8.49. The van der Waals surface area contributed by atoms with E-state index in [0.29, 0.717) is 12.6 Å². The molecule has 0 bridgehead atoms. The SMILES string of the molecule is CCNC(=NCc1cccc(-n2cccn2)c1)NC1CCCC1. The Bertz CT molecular complexity index is 627. The van der Waals surface area contributed by atoms with Crippen molar-refractivity contribution < 1.29 is 0 Å². The van der Waals surface area contributed by atoms with Gasteiger partial charge in [0.15, 0.2) is 5.96 Å². The molecule has 1 fully saturated rings. The minimum atomic E-state index is 0.572. The highest BCUT2D eigenvalue weighted by molar-refractivity contribution is 5.80. The third-order valence-electron chi connectivity index (χ3n) is 4.14. The molecule has 1 saturated carbocycles. The molecule has 1 aliphatic carbocycles. The minimum absolute atomic E-state index is 0.572. The first-order valence-electron chi connectivity index (χ1n) is 8.49. The molecule has 122 valence electrons. The van der Waals surface area contributed by atoms with Gasteiger partial charge in [-0.1, -0.05) is 25.0 Å². The zero-order chi connectivity index (χ0) is 15.9. The van der Waals surface area contributed by atoms with Crippen LogP contribution in [0.1, 0.15) is 38.2 Å². The van der Waals surface area contributed by atoms with E-state index in [1.54, 1.807) is 6.20 Å². The standard InChI is InChI=1S/C18H25N5/c1-2-19-18(22-16-8-3-4-9-16)20-14-15-7-5-10-17(13-15)23-12-6-11-21-23/h5-7,10-13,16H,2-4,8-9,14H2,1H3,(H2,19,20,22). The molecule has 1 heterocycles. The summed E-state index contributed by atoms with van der Waals surface area (Å²) < 4.78 is 1.87. The number of nitrogens with zero attached hydrogens (tertiary/aromatic N) is 3. The summed E-state index contributed by atoms with van der Waals surface area (Å²) in [6.45, 7) is 3.65. The number of rotatable bonds is 5. The predicted molar refractivity (Wildman–Crippen MR) is 93.8 cm³/mol. The number of benzene rings is 1. The minimum Gasteiger partial charge on any atom is -0.357 e. The molecule has 2 N–H and O–H groups in total. The van der Waals surface area contributed by atoms with Crippen molar-refractivity contribution in [2.45, 2.75) is 45.2 Å². The van der Waals surface area contributed by atoms with Crippen LogP contribution >= 0.6 is 0 Å². The van der Waals surface area contributed by atoms with E-state index in [1.807, 2.05) is 16.9 Å². The average Bonchev–Trinajstić information content (AvgIpc) is 3.27. The summed E-state index contributed by atoms with van der Waals surface area (Å²) in [6, 6.07) is 10.9. The Morgan fingerprint density at radius 2 is 2.17 bits per heavy atom. The monoisotopic (exact) mass is 311 g/mol. The van der Waals surface area contributed by atoms with Crippen LogP contribution in [0.2, 0.25) is 0 Å². The number of hydrogen-bond acceptors (Lipinski definition) is 2. The molecule has 5 heteroatoms. The van der Waals surface area contributed by atoms with Gasteiger partial charge in [-0.15, -0.1) is 0 Å². The number of guanidine groups is 1. The summed E-state index contributed by atoms with van der Waals surface area (Å²) >= 11 is 0. The molecule has 23 heavy (non-hydrogen) atoms. The Labute approximate surface area is 137 Å². The lowest BCUT2D eigenvalue weighted by Crippen LogP contribution is -2.42. The van der Waals surface area contributed by atoms with Crippen molar-refractivity contribution in [3.05, 3.63) is 48.3 Å². The lowest BCUT2D eigenvalue weighted by Gasteiger charge is -2.16. The number of aliphatic imine (C=N–C) groups is 1. The van der Waals surface area contributed by atoms with E-state index in [0.717, 1.165) is 18.2 Å². The fraction of sp³-hybridized carbons (Fsp3) is 0.444. The van der Waals surface area contributed by atoms with Gasteiger partial charge in [0.2, 0.25) is 0 Å². The van der Waals surface area contributed by atoms with Crippen LogP contribution in [0, 0.1) is 0 Å². The molecule has 0 saturated heterocycles. The smallest absolute Gasteiger partial charge is 0.191 e. The van der Waals surface area contributed by atoms with Crippen molar-refractivity contribution in [2.75, 3.05) is 6.54 Å². The maximum absolute atomic E-state index is 4.73. The fourth-order valence-electron chi connectivity index (χ4n) is 2.97. The highest BCUT2D eigenvalue weighted by Gasteiger charge is 2.15. The van der Waals surface area contributed by atoms with Gasteiger partial charge in [0.25, 0.3) is 0 Å². The summed E-state index contributed by atoms with van der Waals surface area (Å²) in [6.07, 6.45) is 8.89. The van der Waals surface area contributed by atoms with E-state index in [9.17, 15) is 0 Å². The Hall–Kier alpha value is -2.30. The van der Waals surface area contributed by atoms with E-state index in [4.69, 9.17) is 4.99 Å². The van der Waals surface area contributed by atoms with Crippen molar-refractivity contribution in [1.29, 1.82) is 0 Å². The molecular weight excluding hydrogens is 286 g/mol. The van der Waals surface area contributed by atoms with Crippen LogP contribution < -0.4 is 10.6 Å². The molecule has 0 radical (unpaired) electrons. The Kier molecular flexibility index (Phi) is 5.29. The molecule has 3 rings (SSSR count). The van der Waals surface area contributed by atoms with Gasteiger partial charge < -0.3 is 10.6 Å². The second kappa shape index (κ2) is 7.81. The highest BCUT2D eigenvalue weighted by Crippen LogP contribution is 2.17. The topological polar surface area (TPSA) is 54.2 Å². The summed E-state index contributed by atoms with van der Waals surface area (Å²) in [5.41, 5.74) is 2.25. The van der Waals surface area contributed by atoms with Gasteiger partial charge in [0.1, 0.15) is 0 Å². The molecule has 5 nitrogen and oxygen atoms in total. The molecule has 1 aromatic heterocycles. The van der Waals surface area contributed by atoms with Crippen LogP contribution in [-0.4, -0.2) is 28.3 Å². The van der Waals surface area contributed by atoms with E-state index >= 15 is 0 Å². The molecule has 1 aromatic carbocycles. The van der Waals surface area contributed by atoms with Crippen LogP contribution in [0.3, 0.4) is 0 Å². The van der Waals surface area contributed by atoms with Crippen LogP contribution in [-0.2, 0) is 6.54 Å². The normalized spacial score (nSPS) is 15.8. The van der Waals surface area contributed by atoms with E-state index < -0.39 is 0 Å². The quantitative estimate of drug-likeness (QED) is 0.659. The largest absolute Gasteiger partial charge is 0.357 e. The Morgan fingerprint density at radius 3 is 2.91 bits per heavy atom. The number of aromatic nitrogens is 2. The average molecular weight is 311 g/mol. The molecule has 0 spiro atoms. The maximum Gasteiger partial charge on any atom is 0.191 e. The van der Waals surface area contributed by atoms with Crippen LogP contribution in [0.25, 0.3) is 5.69 Å². The summed E-state index contributed by atoms with van der Waals surface area (Å²) in [4.78, 5) is 4.73. The van der Waals surface area contributed by atoms with Gasteiger partial charge in [-0.2, -0.15) is 5.10 Å². The number of hydrogen-bond donors (Lipinski definition) is 2. The summed E-state index contributed by atoms with van der Waals surface area (Å²) in [5.74, 6) is 0.920. The number of nitrogens with one attached hydrogen (secondary N) is 2. The Morgan fingerprint density at radius 1 is 1.30 bits per heavy atom. The molecular formula is C18H25N5. The first-order chi connectivity index (χ1) is 11.3. The van der Waals surface area contributed by atoms with Gasteiger partial charge in [0.05, 0.1) is 12.2 Å². The van der Waals surface area contributed by atoms with Crippen molar-refractivity contribution in [3.8, 4) is 5.69 Å². The maximum atomic E-state index is 4.73. The van der Waals surface area contributed by atoms with E-state index in [1.165, 1.54) is 31.2 Å². The lowest BCUT2D eigenvalue weighted by molar-refractivity contribution is 0.614. The summed E-state index contributed by atoms with van der Waals surface area (Å²) in [7, 11) is 0. The van der Waals surface area contributed by atoms with Crippen LogP contribution in [0.4, 0.5) is 0 Å². The first kappa shape index (κ1) is 15.6. The van der Waals surface area contributed by atoms with E-state index in [-0.39, 0.29) is 0 Å². The van der Waals surface area contributed by atoms with Crippen molar-refractivity contribution in [2.24, 2.45) is 4.99 Å². The van der Waals surface area contributed by atoms with Crippen molar-refractivity contribution >= 4 is 5.96 Å². The van der Waals surface area contributed by atoms with Gasteiger partial charge in [-0.25, -0.2) is 9.67 Å². The third kappa shape index (κ3) is 4.34. The molecule has 1 aliphatic rings. The fourth-order valence-corrected chi connectivity index (χ4v) is 2.97. The van der Waals surface area contributed by atoms with Crippen LogP contribution in [0.15, 0.2) is 47.7 Å². The van der Waals surface area contributed by atoms with Crippen molar-refractivity contribution in [1.82, 2.24) is 20.4 Å². The highest BCUT2D eigenvalue weighted by atomic mass is 15.3. The molecule has 0 atom stereocenters. The molecule has 0 unspecified atom stereocenters. The Balaban J connectivity index is 1.67. The van der Waals surface area contributed by atoms with E-state index in [2.05, 4.69) is 46.9 Å². The van der Waals surface area contributed by atoms with Gasteiger partial charge >= 0.3 is 0 Å². The van der Waals surface area contributed by atoms with Crippen LogP contribution in [0.5, 0.6) is 0 Å². The molecule has 0 amide bonds. The molecule has 2 aromatic rings.